The average Bonchev–Trinajstić information content (AvgIpc) is 3.24. The van der Waals surface area contributed by atoms with Crippen LogP contribution < -0.4 is 0 Å². The van der Waals surface area contributed by atoms with E-state index in [2.05, 4.69) is 9.97 Å². The standard InChI is InChI=1S/C18H21ClN4O2/c1-22(18(25)11-8-17(24)23(10-11)13-3-4-13)7-6-16-20-14-5-2-12(19)9-15(14)21-16/h2,5,9,11,13H,3-4,6-8,10H2,1H3,(H,20,21)/t11-/m0/s1. The van der Waals surface area contributed by atoms with Gasteiger partial charge in [0.25, 0.3) is 0 Å². The minimum absolute atomic E-state index is 0.0515. The molecule has 1 aromatic heterocycles. The lowest BCUT2D eigenvalue weighted by atomic mass is 10.1. The molecule has 0 bridgehead atoms. The van der Waals surface area contributed by atoms with E-state index in [0.29, 0.717) is 37.0 Å². The number of imidazole rings is 1. The molecule has 7 heteroatoms. The summed E-state index contributed by atoms with van der Waals surface area (Å²) in [5.74, 6) is 0.811. The molecule has 1 aromatic carbocycles. The highest BCUT2D eigenvalue weighted by atomic mass is 35.5. The van der Waals surface area contributed by atoms with Crippen LogP contribution in [0.15, 0.2) is 18.2 Å². The van der Waals surface area contributed by atoms with Crippen LogP contribution in [0.25, 0.3) is 11.0 Å². The molecule has 1 atom stereocenters. The first kappa shape index (κ1) is 16.4. The number of benzene rings is 1. The van der Waals surface area contributed by atoms with Crippen LogP contribution >= 0.6 is 11.6 Å². The average molecular weight is 361 g/mol. The lowest BCUT2D eigenvalue weighted by Gasteiger charge is -2.21. The monoisotopic (exact) mass is 360 g/mol. The van der Waals surface area contributed by atoms with Gasteiger partial charge in [0, 0.05) is 44.0 Å². The van der Waals surface area contributed by atoms with Gasteiger partial charge in [-0.1, -0.05) is 11.6 Å². The summed E-state index contributed by atoms with van der Waals surface area (Å²) in [6.45, 7) is 1.15. The van der Waals surface area contributed by atoms with Gasteiger partial charge in [-0.3, -0.25) is 9.59 Å². The van der Waals surface area contributed by atoms with E-state index >= 15 is 0 Å². The molecule has 6 nitrogen and oxygen atoms in total. The number of likely N-dealkylation sites (N-methyl/N-ethyl adjacent to an activating group) is 1. The van der Waals surface area contributed by atoms with Gasteiger partial charge < -0.3 is 14.8 Å². The smallest absolute Gasteiger partial charge is 0.227 e. The van der Waals surface area contributed by atoms with E-state index in [1.807, 2.05) is 23.1 Å². The van der Waals surface area contributed by atoms with E-state index in [4.69, 9.17) is 11.6 Å². The fourth-order valence-corrected chi connectivity index (χ4v) is 3.66. The third-order valence-corrected chi connectivity index (χ3v) is 5.28. The molecule has 1 N–H and O–H groups in total. The molecule has 25 heavy (non-hydrogen) atoms. The van der Waals surface area contributed by atoms with Crippen LogP contribution in [-0.2, 0) is 16.0 Å². The van der Waals surface area contributed by atoms with Gasteiger partial charge in [-0.15, -0.1) is 0 Å². The Morgan fingerprint density at radius 2 is 2.24 bits per heavy atom. The van der Waals surface area contributed by atoms with Crippen LogP contribution in [0.3, 0.4) is 0 Å². The largest absolute Gasteiger partial charge is 0.345 e. The number of hydrogen-bond donors (Lipinski definition) is 1. The maximum absolute atomic E-state index is 12.6. The molecule has 1 aliphatic carbocycles. The second-order valence-corrected chi connectivity index (χ2v) is 7.47. The molecule has 4 rings (SSSR count). The number of rotatable bonds is 5. The van der Waals surface area contributed by atoms with Crippen molar-refractivity contribution >= 4 is 34.4 Å². The molecule has 2 heterocycles. The molecule has 0 spiro atoms. The topological polar surface area (TPSA) is 69.3 Å². The molecular formula is C18H21ClN4O2. The first-order valence-corrected chi connectivity index (χ1v) is 9.07. The van der Waals surface area contributed by atoms with Crippen LogP contribution in [0.5, 0.6) is 0 Å². The zero-order valence-corrected chi connectivity index (χ0v) is 14.9. The van der Waals surface area contributed by atoms with Crippen molar-refractivity contribution in [3.63, 3.8) is 0 Å². The normalized spacial score (nSPS) is 20.5. The highest BCUT2D eigenvalue weighted by Crippen LogP contribution is 2.33. The van der Waals surface area contributed by atoms with Gasteiger partial charge in [-0.2, -0.15) is 0 Å². The van der Waals surface area contributed by atoms with Crippen LogP contribution in [0.1, 0.15) is 25.1 Å². The van der Waals surface area contributed by atoms with Crippen molar-refractivity contribution in [3.05, 3.63) is 29.0 Å². The number of halogens is 1. The summed E-state index contributed by atoms with van der Waals surface area (Å²) in [5.41, 5.74) is 1.77. The molecule has 1 aliphatic heterocycles. The zero-order chi connectivity index (χ0) is 17.6. The van der Waals surface area contributed by atoms with Crippen molar-refractivity contribution in [2.75, 3.05) is 20.1 Å². The van der Waals surface area contributed by atoms with Crippen molar-refractivity contribution in [2.24, 2.45) is 5.92 Å². The molecule has 2 amide bonds. The number of nitrogens with one attached hydrogen (secondary N) is 1. The Labute approximate surface area is 151 Å². The zero-order valence-electron chi connectivity index (χ0n) is 14.2. The number of H-pyrrole nitrogens is 1. The van der Waals surface area contributed by atoms with Crippen molar-refractivity contribution in [1.82, 2.24) is 19.8 Å². The molecule has 2 aromatic rings. The van der Waals surface area contributed by atoms with Gasteiger partial charge in [0.05, 0.1) is 17.0 Å². The summed E-state index contributed by atoms with van der Waals surface area (Å²) in [5, 5.41) is 0.668. The maximum Gasteiger partial charge on any atom is 0.227 e. The van der Waals surface area contributed by atoms with E-state index in [9.17, 15) is 9.59 Å². The Kier molecular flexibility index (Phi) is 4.15. The summed E-state index contributed by atoms with van der Waals surface area (Å²) in [6, 6.07) is 5.92. The Bertz CT molecular complexity index is 830. The second kappa shape index (κ2) is 6.33. The minimum atomic E-state index is -0.201. The Hall–Kier alpha value is -2.08. The van der Waals surface area contributed by atoms with E-state index in [-0.39, 0.29) is 17.7 Å². The Morgan fingerprint density at radius 1 is 1.44 bits per heavy atom. The predicted octanol–water partition coefficient (Wildman–Crippen LogP) is 2.23. The number of aromatic amines is 1. The van der Waals surface area contributed by atoms with Gasteiger partial charge in [0.15, 0.2) is 0 Å². The SMILES string of the molecule is CN(CCc1nc2ccc(Cl)cc2[nH]1)C(=O)[C@H]1CC(=O)N(C2CC2)C1. The number of aromatic nitrogens is 2. The quantitative estimate of drug-likeness (QED) is 0.888. The molecule has 0 radical (unpaired) electrons. The first-order valence-electron chi connectivity index (χ1n) is 8.70. The van der Waals surface area contributed by atoms with Gasteiger partial charge in [-0.25, -0.2) is 4.98 Å². The van der Waals surface area contributed by atoms with Gasteiger partial charge >= 0.3 is 0 Å². The summed E-state index contributed by atoms with van der Waals surface area (Å²) in [7, 11) is 1.80. The highest BCUT2D eigenvalue weighted by molar-refractivity contribution is 6.31. The van der Waals surface area contributed by atoms with E-state index in [1.54, 1.807) is 11.9 Å². The molecular weight excluding hydrogens is 340 g/mol. The number of amides is 2. The summed E-state index contributed by atoms with van der Waals surface area (Å²) in [6.07, 6.45) is 3.15. The fourth-order valence-electron chi connectivity index (χ4n) is 3.48. The van der Waals surface area contributed by atoms with Gasteiger partial charge in [-0.05, 0) is 31.0 Å². The number of nitrogens with zero attached hydrogens (tertiary/aromatic N) is 3. The molecule has 2 fully saturated rings. The van der Waals surface area contributed by atoms with Crippen LogP contribution in [-0.4, -0.2) is 57.8 Å². The first-order chi connectivity index (χ1) is 12.0. The van der Waals surface area contributed by atoms with Crippen molar-refractivity contribution in [3.8, 4) is 0 Å². The Balaban J connectivity index is 1.35. The van der Waals surface area contributed by atoms with E-state index < -0.39 is 0 Å². The van der Waals surface area contributed by atoms with Crippen LogP contribution in [0.4, 0.5) is 0 Å². The lowest BCUT2D eigenvalue weighted by Crippen LogP contribution is -2.36. The number of hydrogen-bond acceptors (Lipinski definition) is 3. The summed E-state index contributed by atoms with van der Waals surface area (Å²) < 4.78 is 0. The second-order valence-electron chi connectivity index (χ2n) is 7.03. The van der Waals surface area contributed by atoms with Crippen molar-refractivity contribution in [2.45, 2.75) is 31.7 Å². The number of carbonyl (C=O) groups excluding carboxylic acids is 2. The highest BCUT2D eigenvalue weighted by Gasteiger charge is 2.42. The number of carbonyl (C=O) groups is 2. The molecule has 132 valence electrons. The van der Waals surface area contributed by atoms with Crippen molar-refractivity contribution in [1.29, 1.82) is 0 Å². The fraction of sp³-hybridized carbons (Fsp3) is 0.500. The third-order valence-electron chi connectivity index (χ3n) is 5.05. The molecule has 0 unspecified atom stereocenters. The molecule has 2 aliphatic rings. The van der Waals surface area contributed by atoms with Crippen molar-refractivity contribution < 1.29 is 9.59 Å². The third kappa shape index (κ3) is 3.35. The molecule has 1 saturated heterocycles. The summed E-state index contributed by atoms with van der Waals surface area (Å²) in [4.78, 5) is 36.0. The maximum atomic E-state index is 12.6. The van der Waals surface area contributed by atoms with E-state index in [0.717, 1.165) is 29.7 Å². The van der Waals surface area contributed by atoms with Gasteiger partial charge in [0.1, 0.15) is 5.82 Å². The minimum Gasteiger partial charge on any atom is -0.345 e. The Morgan fingerprint density at radius 3 is 3.00 bits per heavy atom. The lowest BCUT2D eigenvalue weighted by molar-refractivity contribution is -0.134. The predicted molar refractivity (Wildman–Crippen MR) is 95.3 cm³/mol. The van der Waals surface area contributed by atoms with E-state index in [1.165, 1.54) is 0 Å². The molecule has 1 saturated carbocycles. The summed E-state index contributed by atoms with van der Waals surface area (Å²) >= 11 is 5.99. The van der Waals surface area contributed by atoms with Gasteiger partial charge in [0.2, 0.25) is 11.8 Å². The number of likely N-dealkylation sites (tertiary alicyclic amines) is 1. The number of fused-ring (bicyclic) bond motifs is 1. The van der Waals surface area contributed by atoms with Crippen LogP contribution in [0.2, 0.25) is 5.02 Å². The van der Waals surface area contributed by atoms with Crippen LogP contribution in [0, 0.1) is 5.92 Å².